The molecule has 28 heavy (non-hydrogen) atoms. The zero-order valence-electron chi connectivity index (χ0n) is 14.5. The largest absolute Gasteiger partial charge is 0.467 e. The van der Waals surface area contributed by atoms with E-state index in [1.54, 1.807) is 6.92 Å². The fraction of sp³-hybridized carbons (Fsp3) is 0.278. The van der Waals surface area contributed by atoms with Crippen molar-refractivity contribution in [3.63, 3.8) is 0 Å². The number of anilines is 1. The second-order valence-corrected chi connectivity index (χ2v) is 7.20. The number of hydrogen-bond donors (Lipinski definition) is 1. The highest BCUT2D eigenvalue weighted by Crippen LogP contribution is 2.48. The summed E-state index contributed by atoms with van der Waals surface area (Å²) in [5.41, 5.74) is -1.66. The summed E-state index contributed by atoms with van der Waals surface area (Å²) in [7, 11) is 0. The highest BCUT2D eigenvalue weighted by Gasteiger charge is 2.50. The summed E-state index contributed by atoms with van der Waals surface area (Å²) in [6.07, 6.45) is -4.31. The minimum atomic E-state index is -4.56. The van der Waals surface area contributed by atoms with Gasteiger partial charge in [-0.25, -0.2) is 0 Å². The smallest absolute Gasteiger partial charge is 0.418 e. The summed E-state index contributed by atoms with van der Waals surface area (Å²) in [5.74, 6) is 0.369. The molecular formula is C18H14F3N3O3S. The Balaban J connectivity index is 1.82. The number of rotatable bonds is 2. The van der Waals surface area contributed by atoms with E-state index in [9.17, 15) is 23.3 Å². The fourth-order valence-electron chi connectivity index (χ4n) is 3.75. The SMILES string of the molecule is C[C@@]12C[C@@H](NC(=S)N1c1ccccc1C(F)(F)F)c1cc([N+](=O)[O-])ccc1O2. The van der Waals surface area contributed by atoms with E-state index in [1.165, 1.54) is 41.3 Å². The first-order chi connectivity index (χ1) is 13.1. The lowest BCUT2D eigenvalue weighted by Gasteiger charge is -2.52. The number of halogens is 3. The van der Waals surface area contributed by atoms with Crippen LogP contribution in [0.25, 0.3) is 0 Å². The summed E-state index contributed by atoms with van der Waals surface area (Å²) < 4.78 is 46.7. The molecule has 0 aromatic heterocycles. The Bertz CT molecular complexity index is 998. The Morgan fingerprint density at radius 1 is 1.32 bits per heavy atom. The molecule has 6 nitrogen and oxygen atoms in total. The normalized spacial score (nSPS) is 23.5. The number of nitro groups is 1. The van der Waals surface area contributed by atoms with Crippen molar-refractivity contribution in [3.8, 4) is 5.75 Å². The number of fused-ring (bicyclic) bond motifs is 4. The van der Waals surface area contributed by atoms with Gasteiger partial charge in [-0.3, -0.25) is 15.0 Å². The maximum atomic E-state index is 13.5. The van der Waals surface area contributed by atoms with Gasteiger partial charge >= 0.3 is 6.18 Å². The van der Waals surface area contributed by atoms with Crippen LogP contribution in [-0.2, 0) is 6.18 Å². The van der Waals surface area contributed by atoms with Gasteiger partial charge in [0.15, 0.2) is 10.8 Å². The molecule has 10 heteroatoms. The van der Waals surface area contributed by atoms with Crippen molar-refractivity contribution in [3.05, 3.63) is 63.7 Å². The quantitative estimate of drug-likeness (QED) is 0.446. The Morgan fingerprint density at radius 2 is 2.04 bits per heavy atom. The molecule has 0 saturated carbocycles. The van der Waals surface area contributed by atoms with E-state index in [-0.39, 0.29) is 22.9 Å². The molecule has 0 radical (unpaired) electrons. The minimum absolute atomic E-state index is 0.0626. The summed E-state index contributed by atoms with van der Waals surface area (Å²) in [4.78, 5) is 11.9. The number of non-ortho nitro benzene ring substituents is 1. The molecule has 0 unspecified atom stereocenters. The van der Waals surface area contributed by atoms with E-state index in [0.29, 0.717) is 11.3 Å². The first-order valence-corrected chi connectivity index (χ1v) is 8.75. The molecule has 0 spiro atoms. The van der Waals surface area contributed by atoms with Crippen LogP contribution in [0.15, 0.2) is 42.5 Å². The molecule has 2 atom stereocenters. The van der Waals surface area contributed by atoms with Gasteiger partial charge < -0.3 is 10.1 Å². The number of nitrogens with one attached hydrogen (secondary N) is 1. The molecule has 2 aromatic rings. The van der Waals surface area contributed by atoms with Gasteiger partial charge in [-0.1, -0.05) is 12.1 Å². The Hall–Kier alpha value is -2.88. The lowest BCUT2D eigenvalue weighted by Crippen LogP contribution is -2.65. The molecule has 1 fully saturated rings. The van der Waals surface area contributed by atoms with Gasteiger partial charge in [0.05, 0.1) is 22.2 Å². The van der Waals surface area contributed by atoms with Crippen LogP contribution in [-0.4, -0.2) is 15.8 Å². The number of para-hydroxylation sites is 1. The van der Waals surface area contributed by atoms with E-state index < -0.39 is 28.4 Å². The molecule has 0 aliphatic carbocycles. The lowest BCUT2D eigenvalue weighted by molar-refractivity contribution is -0.385. The number of alkyl halides is 3. The molecule has 4 rings (SSSR count). The van der Waals surface area contributed by atoms with Crippen LogP contribution in [0.4, 0.5) is 24.5 Å². The summed E-state index contributed by atoms with van der Waals surface area (Å²) in [6, 6.07) is 8.91. The van der Waals surface area contributed by atoms with Crippen LogP contribution in [0, 0.1) is 10.1 Å². The molecule has 2 aliphatic rings. The molecule has 1 saturated heterocycles. The summed E-state index contributed by atoms with van der Waals surface area (Å²) >= 11 is 5.36. The standard InChI is InChI=1S/C18H14F3N3O3S/c1-17-9-13(11-8-10(24(25)26)6-7-15(11)27-17)22-16(28)23(17)14-5-3-2-4-12(14)18(19,20)21/h2-8,13H,9H2,1H3,(H,22,28)/t13-,17-/m1/s1. The third kappa shape index (κ3) is 2.84. The van der Waals surface area contributed by atoms with Crippen molar-refractivity contribution in [2.24, 2.45) is 0 Å². The summed E-state index contributed by atoms with van der Waals surface area (Å²) in [5, 5.41) is 14.1. The Labute approximate surface area is 163 Å². The molecule has 1 N–H and O–H groups in total. The van der Waals surface area contributed by atoms with Crippen molar-refractivity contribution in [1.29, 1.82) is 0 Å². The monoisotopic (exact) mass is 409 g/mol. The maximum Gasteiger partial charge on any atom is 0.418 e. The number of nitro benzene ring substituents is 1. The van der Waals surface area contributed by atoms with Crippen LogP contribution in [0.2, 0.25) is 0 Å². The fourth-order valence-corrected chi connectivity index (χ4v) is 4.18. The highest BCUT2D eigenvalue weighted by atomic mass is 32.1. The van der Waals surface area contributed by atoms with Gasteiger partial charge in [-0.2, -0.15) is 13.2 Å². The predicted octanol–water partition coefficient (Wildman–Crippen LogP) is 4.55. The molecular weight excluding hydrogens is 395 g/mol. The average Bonchev–Trinajstić information content (AvgIpc) is 2.60. The Kier molecular flexibility index (Phi) is 4.00. The number of thiocarbonyl (C=S) groups is 1. The zero-order chi connectivity index (χ0) is 20.3. The first kappa shape index (κ1) is 18.5. The minimum Gasteiger partial charge on any atom is -0.467 e. The van der Waals surface area contributed by atoms with Gasteiger partial charge in [0, 0.05) is 24.1 Å². The van der Waals surface area contributed by atoms with Crippen molar-refractivity contribution in [1.82, 2.24) is 5.32 Å². The molecule has 2 bridgehead atoms. The van der Waals surface area contributed by atoms with Crippen LogP contribution in [0.1, 0.15) is 30.5 Å². The Morgan fingerprint density at radius 3 is 2.71 bits per heavy atom. The van der Waals surface area contributed by atoms with Crippen LogP contribution < -0.4 is 15.0 Å². The number of benzene rings is 2. The van der Waals surface area contributed by atoms with E-state index in [4.69, 9.17) is 17.0 Å². The third-order valence-electron chi connectivity index (χ3n) is 4.92. The third-order valence-corrected chi connectivity index (χ3v) is 5.22. The van der Waals surface area contributed by atoms with E-state index in [2.05, 4.69) is 5.32 Å². The molecule has 2 heterocycles. The van der Waals surface area contributed by atoms with Gasteiger partial charge in [-0.15, -0.1) is 0 Å². The van der Waals surface area contributed by atoms with Crippen molar-refractivity contribution in [2.45, 2.75) is 31.3 Å². The zero-order valence-corrected chi connectivity index (χ0v) is 15.3. The first-order valence-electron chi connectivity index (χ1n) is 8.34. The molecule has 2 aromatic carbocycles. The van der Waals surface area contributed by atoms with Gasteiger partial charge in [0.25, 0.3) is 5.69 Å². The molecule has 146 valence electrons. The van der Waals surface area contributed by atoms with Crippen molar-refractivity contribution in [2.75, 3.05) is 4.90 Å². The van der Waals surface area contributed by atoms with Crippen molar-refractivity contribution >= 4 is 28.7 Å². The van der Waals surface area contributed by atoms with Gasteiger partial charge in [-0.05, 0) is 37.3 Å². The number of ether oxygens (including phenoxy) is 1. The number of hydrogen-bond acceptors (Lipinski definition) is 4. The van der Waals surface area contributed by atoms with Crippen LogP contribution in [0.5, 0.6) is 5.75 Å². The topological polar surface area (TPSA) is 67.6 Å². The predicted molar refractivity (Wildman–Crippen MR) is 99.1 cm³/mol. The van der Waals surface area contributed by atoms with Crippen LogP contribution >= 0.6 is 12.2 Å². The average molecular weight is 409 g/mol. The highest BCUT2D eigenvalue weighted by molar-refractivity contribution is 7.80. The van der Waals surface area contributed by atoms with E-state index in [0.717, 1.165) is 6.07 Å². The van der Waals surface area contributed by atoms with Gasteiger partial charge in [0.2, 0.25) is 0 Å². The number of nitrogens with zero attached hydrogens (tertiary/aromatic N) is 2. The lowest BCUT2D eigenvalue weighted by atomic mass is 9.89. The van der Waals surface area contributed by atoms with Crippen molar-refractivity contribution < 1.29 is 22.8 Å². The molecule has 2 aliphatic heterocycles. The summed E-state index contributed by atoms with van der Waals surface area (Å²) in [6.45, 7) is 1.66. The van der Waals surface area contributed by atoms with Crippen LogP contribution in [0.3, 0.4) is 0 Å². The maximum absolute atomic E-state index is 13.5. The van der Waals surface area contributed by atoms with Gasteiger partial charge in [0.1, 0.15) is 5.75 Å². The second-order valence-electron chi connectivity index (χ2n) is 6.81. The second kappa shape index (κ2) is 6.06. The van der Waals surface area contributed by atoms with E-state index >= 15 is 0 Å². The van der Waals surface area contributed by atoms with E-state index in [1.807, 2.05) is 0 Å². The molecule has 0 amide bonds.